The maximum absolute atomic E-state index is 10.3. The van der Waals surface area contributed by atoms with Gasteiger partial charge in [0.15, 0.2) is 0 Å². The van der Waals surface area contributed by atoms with E-state index in [1.807, 2.05) is 0 Å². The van der Waals surface area contributed by atoms with E-state index in [9.17, 15) is 12.6 Å². The normalized spacial score (nSPS) is 19.5. The maximum Gasteiger partial charge on any atom is 0.264 e. The molecule has 0 aliphatic heterocycles. The molecule has 0 aromatic rings. The zero-order valence-electron chi connectivity index (χ0n) is 5.69. The Labute approximate surface area is 75.8 Å². The number of nitrogens with zero attached hydrogens (tertiary/aromatic N) is 2. The van der Waals surface area contributed by atoms with Crippen LogP contribution in [-0.2, 0) is 33.8 Å². The molecule has 74 valence electrons. The van der Waals surface area contributed by atoms with Gasteiger partial charge in [-0.25, -0.2) is 12.6 Å². The minimum absolute atomic E-state index is 0.0872. The van der Waals surface area contributed by atoms with Crippen LogP contribution >= 0.6 is 0 Å². The van der Waals surface area contributed by atoms with Gasteiger partial charge >= 0.3 is 0 Å². The second-order valence-corrected chi connectivity index (χ2v) is 4.23. The largest absolute Gasteiger partial charge is 0.293 e. The summed E-state index contributed by atoms with van der Waals surface area (Å²) < 4.78 is 56.1. The summed E-state index contributed by atoms with van der Waals surface area (Å²) >= 11 is -8.28. The number of hydrogen-bond donors (Lipinski definition) is 3. The highest BCUT2D eigenvalue weighted by molar-refractivity contribution is 7.93. The minimum atomic E-state index is -2.83. The number of rotatable bonds is 4. The number of hydrazine groups is 1. The Morgan fingerprint density at radius 2 is 1.25 bits per heavy atom. The summed E-state index contributed by atoms with van der Waals surface area (Å²) in [7, 11) is 0.901. The molecule has 0 amide bonds. The number of hydrogen-bond acceptors (Lipinski definition) is 3. The van der Waals surface area contributed by atoms with Crippen LogP contribution in [-0.4, -0.2) is 41.6 Å². The molecular weight excluding hydrogens is 232 g/mol. The van der Waals surface area contributed by atoms with Crippen molar-refractivity contribution >= 4 is 33.8 Å². The highest BCUT2D eigenvalue weighted by Crippen LogP contribution is 2.02. The summed E-state index contributed by atoms with van der Waals surface area (Å²) in [5, 5.41) is 0. The van der Waals surface area contributed by atoms with Gasteiger partial charge in [-0.05, 0) is 3.82 Å². The molecule has 0 spiro atoms. The third-order valence-corrected chi connectivity index (χ3v) is 3.33. The van der Waals surface area contributed by atoms with Gasteiger partial charge in [-0.3, -0.25) is 13.7 Å². The molecule has 0 fully saturated rings. The zero-order valence-corrected chi connectivity index (χ0v) is 8.14. The molecule has 12 heavy (non-hydrogen) atoms. The first-order valence-electron chi connectivity index (χ1n) is 2.24. The molecule has 11 heteroatoms. The summed E-state index contributed by atoms with van der Waals surface area (Å²) in [6.45, 7) is 0. The van der Waals surface area contributed by atoms with Crippen molar-refractivity contribution in [1.29, 1.82) is 0 Å². The molecule has 0 aliphatic carbocycles. The zero-order chi connectivity index (χ0) is 9.89. The van der Waals surface area contributed by atoms with Crippen LogP contribution in [0.25, 0.3) is 0 Å². The van der Waals surface area contributed by atoms with Crippen LogP contribution in [0.15, 0.2) is 0 Å². The Hall–Kier alpha value is 0.250. The third kappa shape index (κ3) is 3.32. The van der Waals surface area contributed by atoms with E-state index >= 15 is 0 Å². The van der Waals surface area contributed by atoms with Crippen molar-refractivity contribution in [3.05, 3.63) is 0 Å². The van der Waals surface area contributed by atoms with E-state index in [0.717, 1.165) is 7.05 Å². The molecule has 3 unspecified atom stereocenters. The molecule has 0 aromatic heterocycles. The van der Waals surface area contributed by atoms with Crippen molar-refractivity contribution in [2.45, 2.75) is 0 Å². The molecule has 0 rings (SSSR count). The highest BCUT2D eigenvalue weighted by Gasteiger charge is 2.26. The van der Waals surface area contributed by atoms with Gasteiger partial charge in [0, 0.05) is 7.05 Å². The molecule has 8 nitrogen and oxygen atoms in total. The van der Waals surface area contributed by atoms with Crippen LogP contribution < -0.4 is 0 Å². The maximum atomic E-state index is 10.3. The SMILES string of the molecule is CN(N(S(=O)O)S(=O)O)S(=O)O. The lowest BCUT2D eigenvalue weighted by Crippen LogP contribution is -2.42. The van der Waals surface area contributed by atoms with E-state index < -0.39 is 33.8 Å². The Morgan fingerprint density at radius 1 is 0.917 bits per heavy atom. The van der Waals surface area contributed by atoms with E-state index in [-0.39, 0.29) is 8.23 Å². The first-order chi connectivity index (χ1) is 5.37. The molecule has 0 radical (unpaired) electrons. The fraction of sp³-hybridized carbons (Fsp3) is 1.00. The van der Waals surface area contributed by atoms with Crippen molar-refractivity contribution in [2.75, 3.05) is 7.05 Å². The molecule has 0 aliphatic rings. The summed E-state index contributed by atoms with van der Waals surface area (Å²) in [5.41, 5.74) is 0. The third-order valence-electron chi connectivity index (χ3n) is 0.723. The first-order valence-corrected chi connectivity index (χ1v) is 5.43. The molecular formula is CH6N2O6S3. The average Bonchev–Trinajstić information content (AvgIpc) is 1.85. The van der Waals surface area contributed by atoms with Gasteiger partial charge in [0.05, 0.1) is 0 Å². The average molecular weight is 238 g/mol. The van der Waals surface area contributed by atoms with E-state index in [0.29, 0.717) is 0 Å². The van der Waals surface area contributed by atoms with Gasteiger partial charge in [0.2, 0.25) is 0 Å². The predicted octanol–water partition coefficient (Wildman–Crippen LogP) is -1.45. The van der Waals surface area contributed by atoms with Crippen LogP contribution in [0.5, 0.6) is 0 Å². The lowest BCUT2D eigenvalue weighted by atomic mass is 11.5. The van der Waals surface area contributed by atoms with Crippen LogP contribution in [0, 0.1) is 0 Å². The lowest BCUT2D eigenvalue weighted by Gasteiger charge is -2.19. The van der Waals surface area contributed by atoms with Crippen molar-refractivity contribution < 1.29 is 26.3 Å². The van der Waals surface area contributed by atoms with E-state index in [1.54, 1.807) is 0 Å². The van der Waals surface area contributed by atoms with E-state index in [2.05, 4.69) is 0 Å². The standard InChI is InChI=1S/CH6N2O6S3/c1-2(10(4)5)3(11(6)7)12(8)9/h1H3,(H,4,5)(H,6,7)(H,8,9). The Bertz CT molecular complexity index is 215. The predicted molar refractivity (Wildman–Crippen MR) is 41.9 cm³/mol. The van der Waals surface area contributed by atoms with Crippen molar-refractivity contribution in [3.63, 3.8) is 0 Å². The molecule has 0 aromatic carbocycles. The molecule has 0 saturated carbocycles. The quantitative estimate of drug-likeness (QED) is 0.407. The minimum Gasteiger partial charge on any atom is -0.293 e. The first kappa shape index (κ1) is 12.2. The molecule has 0 heterocycles. The summed E-state index contributed by atoms with van der Waals surface area (Å²) in [4.78, 5) is 0. The van der Waals surface area contributed by atoms with E-state index in [1.165, 1.54) is 0 Å². The molecule has 3 atom stereocenters. The van der Waals surface area contributed by atoms with Crippen LogP contribution in [0.3, 0.4) is 0 Å². The summed E-state index contributed by atoms with van der Waals surface area (Å²) in [5.74, 6) is 0. The smallest absolute Gasteiger partial charge is 0.264 e. The van der Waals surface area contributed by atoms with Crippen molar-refractivity contribution in [1.82, 2.24) is 8.23 Å². The second-order valence-electron chi connectivity index (χ2n) is 1.39. The summed E-state index contributed by atoms with van der Waals surface area (Å²) in [6, 6.07) is 0. The highest BCUT2D eigenvalue weighted by atomic mass is 32.3. The van der Waals surface area contributed by atoms with Crippen LogP contribution in [0.4, 0.5) is 0 Å². The Balaban J connectivity index is 4.63. The van der Waals surface area contributed by atoms with Gasteiger partial charge in [0.25, 0.3) is 33.8 Å². The fourth-order valence-corrected chi connectivity index (χ4v) is 1.94. The van der Waals surface area contributed by atoms with Crippen molar-refractivity contribution in [2.24, 2.45) is 0 Å². The lowest BCUT2D eigenvalue weighted by molar-refractivity contribution is 0.281. The van der Waals surface area contributed by atoms with Gasteiger partial charge in [0.1, 0.15) is 0 Å². The molecule has 0 saturated heterocycles. The fourth-order valence-electron chi connectivity index (χ4n) is 0.308. The second kappa shape index (κ2) is 5.08. The monoisotopic (exact) mass is 238 g/mol. The van der Waals surface area contributed by atoms with Crippen LogP contribution in [0.1, 0.15) is 0 Å². The van der Waals surface area contributed by atoms with Gasteiger partial charge < -0.3 is 0 Å². The Morgan fingerprint density at radius 3 is 1.33 bits per heavy atom. The van der Waals surface area contributed by atoms with E-state index in [4.69, 9.17) is 13.7 Å². The molecule has 0 bridgehead atoms. The van der Waals surface area contributed by atoms with Gasteiger partial charge in [-0.1, -0.05) is 0 Å². The van der Waals surface area contributed by atoms with Gasteiger partial charge in [-0.2, -0.15) is 0 Å². The molecule has 3 N–H and O–H groups in total. The van der Waals surface area contributed by atoms with Crippen molar-refractivity contribution in [3.8, 4) is 0 Å². The van der Waals surface area contributed by atoms with Gasteiger partial charge in [-0.15, -0.1) is 4.41 Å². The topological polar surface area (TPSA) is 118 Å². The summed E-state index contributed by atoms with van der Waals surface area (Å²) in [6.07, 6.45) is 0. The van der Waals surface area contributed by atoms with Crippen LogP contribution in [0.2, 0.25) is 0 Å². The Kier molecular flexibility index (Phi) is 5.19.